The standard InChI is InChI=1S/C33H30N6O4/c1-21-29(32(40)36-25-11-7-8-12-26(25)41-2)30(39-33(35-21)37-31(38-39)23-15-17-34-18-16-23)24-13-14-27(28(19-24)42-3)43-20-22-9-5-4-6-10-22/h4-19,30H,20H2,1-3H3,(H,36,40)(H,35,37,38). The fourth-order valence-corrected chi connectivity index (χ4v) is 5.02. The highest BCUT2D eigenvalue weighted by Crippen LogP contribution is 2.40. The molecule has 1 amide bonds. The number of para-hydroxylation sites is 2. The number of amides is 1. The molecular weight excluding hydrogens is 544 g/mol. The van der Waals surface area contributed by atoms with Crippen molar-refractivity contribution in [1.82, 2.24) is 19.7 Å². The summed E-state index contributed by atoms with van der Waals surface area (Å²) in [5.41, 5.74) is 4.26. The average molecular weight is 575 g/mol. The van der Waals surface area contributed by atoms with Crippen molar-refractivity contribution >= 4 is 17.5 Å². The quantitative estimate of drug-likeness (QED) is 0.225. The van der Waals surface area contributed by atoms with Gasteiger partial charge in [0.15, 0.2) is 17.3 Å². The number of allylic oxidation sites excluding steroid dienone is 1. The molecular formula is C33H30N6O4. The Morgan fingerprint density at radius 1 is 0.907 bits per heavy atom. The van der Waals surface area contributed by atoms with Crippen molar-refractivity contribution in [2.24, 2.45) is 0 Å². The van der Waals surface area contributed by atoms with Crippen molar-refractivity contribution in [3.63, 3.8) is 0 Å². The number of nitrogens with zero attached hydrogens (tertiary/aromatic N) is 4. The third-order valence-corrected chi connectivity index (χ3v) is 7.13. The lowest BCUT2D eigenvalue weighted by molar-refractivity contribution is -0.113. The number of rotatable bonds is 9. The van der Waals surface area contributed by atoms with Crippen LogP contribution in [0, 0.1) is 0 Å². The smallest absolute Gasteiger partial charge is 0.255 e. The second-order valence-electron chi connectivity index (χ2n) is 9.84. The van der Waals surface area contributed by atoms with E-state index in [2.05, 4.69) is 15.6 Å². The van der Waals surface area contributed by atoms with E-state index in [1.54, 1.807) is 43.4 Å². The second-order valence-corrected chi connectivity index (χ2v) is 9.84. The summed E-state index contributed by atoms with van der Waals surface area (Å²) in [4.78, 5) is 22.9. The number of benzene rings is 3. The fourth-order valence-electron chi connectivity index (χ4n) is 5.02. The molecule has 1 atom stereocenters. The minimum atomic E-state index is -0.633. The number of fused-ring (bicyclic) bond motifs is 1. The molecule has 0 radical (unpaired) electrons. The number of methoxy groups -OCH3 is 2. The van der Waals surface area contributed by atoms with Gasteiger partial charge in [-0.05, 0) is 54.4 Å². The number of ether oxygens (including phenoxy) is 3. The molecule has 0 bridgehead atoms. The highest BCUT2D eigenvalue weighted by Gasteiger charge is 2.35. The van der Waals surface area contributed by atoms with Gasteiger partial charge in [0.25, 0.3) is 5.91 Å². The molecule has 0 fully saturated rings. The molecule has 6 rings (SSSR count). The van der Waals surface area contributed by atoms with Crippen LogP contribution in [0.15, 0.2) is 109 Å². The minimum absolute atomic E-state index is 0.311. The van der Waals surface area contributed by atoms with E-state index >= 15 is 0 Å². The maximum Gasteiger partial charge on any atom is 0.255 e. The number of hydrogen-bond donors (Lipinski definition) is 2. The van der Waals surface area contributed by atoms with Gasteiger partial charge in [-0.3, -0.25) is 9.78 Å². The Hall–Kier alpha value is -5.64. The molecule has 3 aromatic carbocycles. The van der Waals surface area contributed by atoms with Gasteiger partial charge in [0.1, 0.15) is 18.4 Å². The van der Waals surface area contributed by atoms with Crippen LogP contribution in [-0.2, 0) is 11.4 Å². The average Bonchev–Trinajstić information content (AvgIpc) is 3.48. The van der Waals surface area contributed by atoms with Crippen LogP contribution >= 0.6 is 0 Å². The van der Waals surface area contributed by atoms with Crippen molar-refractivity contribution in [3.05, 3.63) is 120 Å². The molecule has 1 aliphatic heterocycles. The van der Waals surface area contributed by atoms with Crippen molar-refractivity contribution in [3.8, 4) is 28.6 Å². The SMILES string of the molecule is COc1ccccc1NC(=O)C1=C(C)Nc2nc(-c3ccncc3)nn2C1c1ccc(OCc2ccccc2)c(OC)c1. The van der Waals surface area contributed by atoms with Crippen LogP contribution in [0.3, 0.4) is 0 Å². The van der Waals surface area contributed by atoms with E-state index in [0.29, 0.717) is 52.6 Å². The Bertz CT molecular complexity index is 1790. The van der Waals surface area contributed by atoms with Crippen LogP contribution in [0.1, 0.15) is 24.1 Å². The molecule has 216 valence electrons. The molecule has 5 aromatic rings. The highest BCUT2D eigenvalue weighted by molar-refractivity contribution is 6.06. The van der Waals surface area contributed by atoms with Crippen LogP contribution in [-0.4, -0.2) is 39.9 Å². The molecule has 0 aliphatic carbocycles. The van der Waals surface area contributed by atoms with Crippen molar-refractivity contribution < 1.29 is 19.0 Å². The number of aromatic nitrogens is 4. The summed E-state index contributed by atoms with van der Waals surface area (Å²) >= 11 is 0. The minimum Gasteiger partial charge on any atom is -0.495 e. The number of pyridine rings is 1. The maximum atomic E-state index is 14.0. The van der Waals surface area contributed by atoms with E-state index in [9.17, 15) is 4.79 Å². The number of anilines is 2. The predicted molar refractivity (Wildman–Crippen MR) is 163 cm³/mol. The van der Waals surface area contributed by atoms with E-state index in [0.717, 1.165) is 16.7 Å². The summed E-state index contributed by atoms with van der Waals surface area (Å²) in [6, 6.07) is 25.9. The first-order valence-electron chi connectivity index (χ1n) is 13.7. The Morgan fingerprint density at radius 2 is 1.65 bits per heavy atom. The van der Waals surface area contributed by atoms with Crippen LogP contribution in [0.2, 0.25) is 0 Å². The molecule has 1 aliphatic rings. The van der Waals surface area contributed by atoms with Gasteiger partial charge in [0.05, 0.1) is 25.5 Å². The Labute approximate surface area is 249 Å². The molecule has 3 heterocycles. The third kappa shape index (κ3) is 5.62. The van der Waals surface area contributed by atoms with E-state index in [4.69, 9.17) is 24.3 Å². The zero-order valence-electron chi connectivity index (χ0n) is 23.9. The van der Waals surface area contributed by atoms with Gasteiger partial charge in [-0.25, -0.2) is 4.68 Å². The zero-order valence-corrected chi connectivity index (χ0v) is 23.9. The molecule has 0 spiro atoms. The lowest BCUT2D eigenvalue weighted by Gasteiger charge is -2.29. The normalized spacial score (nSPS) is 14.0. The zero-order chi connectivity index (χ0) is 29.8. The number of carbonyl (C=O) groups is 1. The summed E-state index contributed by atoms with van der Waals surface area (Å²) in [6.07, 6.45) is 3.38. The molecule has 10 heteroatoms. The molecule has 2 aromatic heterocycles. The van der Waals surface area contributed by atoms with Gasteiger partial charge >= 0.3 is 0 Å². The highest BCUT2D eigenvalue weighted by atomic mass is 16.5. The van der Waals surface area contributed by atoms with Gasteiger partial charge < -0.3 is 24.8 Å². The van der Waals surface area contributed by atoms with Gasteiger partial charge in [-0.1, -0.05) is 48.5 Å². The van der Waals surface area contributed by atoms with Crippen molar-refractivity contribution in [1.29, 1.82) is 0 Å². The summed E-state index contributed by atoms with van der Waals surface area (Å²) in [7, 11) is 3.16. The van der Waals surface area contributed by atoms with E-state index < -0.39 is 6.04 Å². The fraction of sp³-hybridized carbons (Fsp3) is 0.152. The summed E-state index contributed by atoms with van der Waals surface area (Å²) < 4.78 is 19.0. The first-order valence-corrected chi connectivity index (χ1v) is 13.7. The van der Waals surface area contributed by atoms with E-state index in [1.807, 2.05) is 79.7 Å². The summed E-state index contributed by atoms with van der Waals surface area (Å²) in [6.45, 7) is 2.24. The Balaban J connectivity index is 1.41. The monoisotopic (exact) mass is 574 g/mol. The van der Waals surface area contributed by atoms with Crippen molar-refractivity contribution in [2.45, 2.75) is 19.6 Å². The summed E-state index contributed by atoms with van der Waals surface area (Å²) in [5.74, 6) is 2.37. The molecule has 43 heavy (non-hydrogen) atoms. The van der Waals surface area contributed by atoms with Crippen LogP contribution in [0.4, 0.5) is 11.6 Å². The summed E-state index contributed by atoms with van der Waals surface area (Å²) in [5, 5.41) is 11.1. The van der Waals surface area contributed by atoms with Gasteiger partial charge in [0.2, 0.25) is 5.95 Å². The van der Waals surface area contributed by atoms with E-state index in [-0.39, 0.29) is 5.91 Å². The Morgan fingerprint density at radius 3 is 2.42 bits per heavy atom. The van der Waals surface area contributed by atoms with Gasteiger partial charge in [-0.2, -0.15) is 4.98 Å². The number of carbonyl (C=O) groups excluding carboxylic acids is 1. The van der Waals surface area contributed by atoms with Crippen LogP contribution < -0.4 is 24.8 Å². The van der Waals surface area contributed by atoms with Crippen LogP contribution in [0.25, 0.3) is 11.4 Å². The lowest BCUT2D eigenvalue weighted by Crippen LogP contribution is -2.31. The Kier molecular flexibility index (Phi) is 7.73. The first kappa shape index (κ1) is 27.5. The van der Waals surface area contributed by atoms with Gasteiger partial charge in [0, 0.05) is 23.7 Å². The molecule has 2 N–H and O–H groups in total. The maximum absolute atomic E-state index is 14.0. The van der Waals surface area contributed by atoms with Gasteiger partial charge in [-0.15, -0.1) is 5.10 Å². The van der Waals surface area contributed by atoms with Crippen LogP contribution in [0.5, 0.6) is 17.2 Å². The predicted octanol–water partition coefficient (Wildman–Crippen LogP) is 5.86. The lowest BCUT2D eigenvalue weighted by atomic mass is 9.94. The largest absolute Gasteiger partial charge is 0.495 e. The molecule has 0 saturated heterocycles. The van der Waals surface area contributed by atoms with E-state index in [1.165, 1.54) is 0 Å². The molecule has 1 unspecified atom stereocenters. The topological polar surface area (TPSA) is 112 Å². The second kappa shape index (κ2) is 12.1. The molecule has 10 nitrogen and oxygen atoms in total. The number of hydrogen-bond acceptors (Lipinski definition) is 8. The third-order valence-electron chi connectivity index (χ3n) is 7.13. The van der Waals surface area contributed by atoms with Crippen molar-refractivity contribution in [2.75, 3.05) is 24.9 Å². The first-order chi connectivity index (χ1) is 21.1. The number of nitrogens with one attached hydrogen (secondary N) is 2. The molecule has 0 saturated carbocycles.